The molecule has 2 unspecified atom stereocenters. The van der Waals surface area contributed by atoms with Crippen LogP contribution < -0.4 is 4.72 Å². The van der Waals surface area contributed by atoms with E-state index in [2.05, 4.69) is 11.6 Å². The first-order chi connectivity index (χ1) is 9.64. The summed E-state index contributed by atoms with van der Waals surface area (Å²) in [5.41, 5.74) is 0.117. The zero-order valence-corrected chi connectivity index (χ0v) is 14.3. The van der Waals surface area contributed by atoms with E-state index >= 15 is 0 Å². The van der Waals surface area contributed by atoms with Crippen molar-refractivity contribution in [1.82, 2.24) is 9.62 Å². The van der Waals surface area contributed by atoms with Gasteiger partial charge in [0.15, 0.2) is 0 Å². The zero-order valence-electron chi connectivity index (χ0n) is 13.5. The molecule has 0 aromatic heterocycles. The topological polar surface area (TPSA) is 75.6 Å². The lowest BCUT2D eigenvalue weighted by molar-refractivity contribution is 0.0792. The van der Waals surface area contributed by atoms with Gasteiger partial charge in [0.2, 0.25) is 0 Å². The van der Waals surface area contributed by atoms with Crippen LogP contribution in [-0.2, 0) is 11.4 Å². The molecule has 122 valence electrons. The summed E-state index contributed by atoms with van der Waals surface area (Å²) < 4.78 is 15.5. The number of nitrogens with zero attached hydrogens (tertiary/aromatic N) is 1. The van der Waals surface area contributed by atoms with Gasteiger partial charge in [0, 0.05) is 24.5 Å². The van der Waals surface area contributed by atoms with Gasteiger partial charge in [-0.3, -0.25) is 0 Å². The molecule has 1 saturated heterocycles. The molecule has 2 N–H and O–H groups in total. The van der Waals surface area contributed by atoms with E-state index in [4.69, 9.17) is 5.11 Å². The molecule has 21 heavy (non-hydrogen) atoms. The third-order valence-corrected chi connectivity index (χ3v) is 6.58. The van der Waals surface area contributed by atoms with Gasteiger partial charge in [-0.2, -0.15) is 0 Å². The van der Waals surface area contributed by atoms with Crippen LogP contribution in [0.1, 0.15) is 53.4 Å². The summed E-state index contributed by atoms with van der Waals surface area (Å²) in [7, 11) is 0. The Morgan fingerprint density at radius 2 is 1.95 bits per heavy atom. The number of piperidine rings is 1. The zero-order chi connectivity index (χ0) is 15.8. The van der Waals surface area contributed by atoms with Gasteiger partial charge in [0.05, 0.1) is 6.04 Å². The summed E-state index contributed by atoms with van der Waals surface area (Å²) in [6, 6.07) is 0.239. The predicted molar refractivity (Wildman–Crippen MR) is 84.5 cm³/mol. The second-order valence-electron chi connectivity index (χ2n) is 7.73. The smallest absolute Gasteiger partial charge is 0.407 e. The second kappa shape index (κ2) is 5.97. The molecule has 1 saturated carbocycles. The lowest BCUT2D eigenvalue weighted by atomic mass is 9.74. The highest BCUT2D eigenvalue weighted by Gasteiger charge is 2.50. The quantitative estimate of drug-likeness (QED) is 0.768. The van der Waals surface area contributed by atoms with Crippen molar-refractivity contribution in [3.63, 3.8) is 0 Å². The molecule has 0 aromatic carbocycles. The molecule has 1 aliphatic heterocycles. The van der Waals surface area contributed by atoms with E-state index in [1.165, 1.54) is 4.90 Å². The minimum absolute atomic E-state index is 0.117. The van der Waals surface area contributed by atoms with Crippen LogP contribution in [0.4, 0.5) is 4.79 Å². The standard InChI is InChI=1S/C15H28N2O3S/c1-11-9-12(16-21(20)14(2,3)4)15(10-11)5-7-17(8-6-15)13(18)19/h11-12,16H,5-10H2,1-4H3,(H,18,19)/t11?,12?,21-/m1/s1. The van der Waals surface area contributed by atoms with E-state index < -0.39 is 17.5 Å². The average Bonchev–Trinajstić information content (AvgIpc) is 2.64. The van der Waals surface area contributed by atoms with Crippen molar-refractivity contribution in [3.8, 4) is 0 Å². The SMILES string of the molecule is CC1CC(N[S@+]([O-])C(C)(C)C)C2(CCN(C(=O)O)CC2)C1. The van der Waals surface area contributed by atoms with Crippen molar-refractivity contribution in [2.45, 2.75) is 64.2 Å². The van der Waals surface area contributed by atoms with Gasteiger partial charge in [-0.1, -0.05) is 6.92 Å². The Bertz CT molecular complexity index is 389. The van der Waals surface area contributed by atoms with Crippen LogP contribution in [0.3, 0.4) is 0 Å². The molecule has 1 amide bonds. The fraction of sp³-hybridized carbons (Fsp3) is 0.933. The van der Waals surface area contributed by atoms with E-state index in [0.717, 1.165) is 25.7 Å². The van der Waals surface area contributed by atoms with Gasteiger partial charge in [-0.05, 0) is 57.8 Å². The summed E-state index contributed by atoms with van der Waals surface area (Å²) in [6.07, 6.45) is 3.08. The molecule has 2 aliphatic rings. The van der Waals surface area contributed by atoms with Crippen molar-refractivity contribution in [2.75, 3.05) is 13.1 Å². The van der Waals surface area contributed by atoms with E-state index in [1.54, 1.807) is 0 Å². The van der Waals surface area contributed by atoms with Crippen LogP contribution in [0.2, 0.25) is 0 Å². The molecule has 0 bridgehead atoms. The Labute approximate surface area is 130 Å². The van der Waals surface area contributed by atoms with Gasteiger partial charge < -0.3 is 14.6 Å². The summed E-state index contributed by atoms with van der Waals surface area (Å²) in [5, 5.41) is 9.10. The van der Waals surface area contributed by atoms with E-state index in [1.807, 2.05) is 20.8 Å². The summed E-state index contributed by atoms with van der Waals surface area (Å²) >= 11 is -1.07. The highest BCUT2D eigenvalue weighted by molar-refractivity contribution is 7.90. The highest BCUT2D eigenvalue weighted by Crippen LogP contribution is 2.49. The van der Waals surface area contributed by atoms with Gasteiger partial charge in [0.25, 0.3) is 0 Å². The Kier molecular flexibility index (Phi) is 4.81. The Morgan fingerprint density at radius 1 is 1.38 bits per heavy atom. The molecule has 1 aliphatic carbocycles. The van der Waals surface area contributed by atoms with Crippen molar-refractivity contribution >= 4 is 17.5 Å². The molecular weight excluding hydrogens is 288 g/mol. The minimum atomic E-state index is -1.07. The predicted octanol–water partition coefficient (Wildman–Crippen LogP) is 2.60. The first kappa shape index (κ1) is 16.9. The molecule has 1 heterocycles. The minimum Gasteiger partial charge on any atom is -0.598 e. The van der Waals surface area contributed by atoms with Crippen LogP contribution in [0.5, 0.6) is 0 Å². The fourth-order valence-electron chi connectivity index (χ4n) is 3.75. The summed E-state index contributed by atoms with van der Waals surface area (Å²) in [4.78, 5) is 12.6. The van der Waals surface area contributed by atoms with Crippen molar-refractivity contribution in [2.24, 2.45) is 11.3 Å². The van der Waals surface area contributed by atoms with Gasteiger partial charge in [0.1, 0.15) is 4.75 Å². The Hall–Kier alpha value is -0.460. The van der Waals surface area contributed by atoms with Crippen LogP contribution in [0.25, 0.3) is 0 Å². The lowest BCUT2D eigenvalue weighted by Crippen LogP contribution is -2.53. The van der Waals surface area contributed by atoms with E-state index in [9.17, 15) is 9.35 Å². The number of nitrogens with one attached hydrogen (secondary N) is 1. The number of amides is 1. The van der Waals surface area contributed by atoms with Crippen molar-refractivity contribution in [1.29, 1.82) is 0 Å². The molecular formula is C15H28N2O3S. The molecule has 5 nitrogen and oxygen atoms in total. The van der Waals surface area contributed by atoms with Crippen LogP contribution in [0, 0.1) is 11.3 Å². The lowest BCUT2D eigenvalue weighted by Gasteiger charge is -2.43. The normalized spacial score (nSPS) is 30.6. The average molecular weight is 316 g/mol. The maximum Gasteiger partial charge on any atom is 0.407 e. The monoisotopic (exact) mass is 316 g/mol. The second-order valence-corrected chi connectivity index (χ2v) is 9.73. The maximum absolute atomic E-state index is 12.4. The van der Waals surface area contributed by atoms with E-state index in [-0.39, 0.29) is 16.2 Å². The molecule has 6 heteroatoms. The van der Waals surface area contributed by atoms with Gasteiger partial charge in [-0.15, -0.1) is 4.72 Å². The maximum atomic E-state index is 12.4. The number of hydrogen-bond acceptors (Lipinski definition) is 3. The highest BCUT2D eigenvalue weighted by atomic mass is 32.2. The third-order valence-electron chi connectivity index (χ3n) is 4.97. The number of likely N-dealkylation sites (tertiary alicyclic amines) is 1. The molecule has 2 fully saturated rings. The van der Waals surface area contributed by atoms with Gasteiger partial charge >= 0.3 is 6.09 Å². The number of carboxylic acid groups (broad SMARTS) is 1. The van der Waals surface area contributed by atoms with Gasteiger partial charge in [-0.25, -0.2) is 4.79 Å². The first-order valence-corrected chi connectivity index (χ1v) is 8.95. The molecule has 0 radical (unpaired) electrons. The van der Waals surface area contributed by atoms with Crippen LogP contribution in [-0.4, -0.2) is 44.5 Å². The first-order valence-electron chi connectivity index (χ1n) is 7.80. The fourth-order valence-corrected chi connectivity index (χ4v) is 4.71. The number of hydrogen-bond donors (Lipinski definition) is 2. The Balaban J connectivity index is 2.05. The molecule has 3 atom stereocenters. The summed E-state index contributed by atoms with van der Waals surface area (Å²) in [5.74, 6) is 0.607. The number of carbonyl (C=O) groups is 1. The van der Waals surface area contributed by atoms with Crippen molar-refractivity contribution < 1.29 is 14.5 Å². The van der Waals surface area contributed by atoms with E-state index in [0.29, 0.717) is 19.0 Å². The largest absolute Gasteiger partial charge is 0.598 e. The summed E-state index contributed by atoms with van der Waals surface area (Å²) in [6.45, 7) is 9.38. The number of rotatable bonds is 2. The van der Waals surface area contributed by atoms with Crippen LogP contribution >= 0.6 is 0 Å². The third kappa shape index (κ3) is 3.66. The molecule has 0 aromatic rings. The molecule has 1 spiro atoms. The van der Waals surface area contributed by atoms with Crippen molar-refractivity contribution in [3.05, 3.63) is 0 Å². The molecule has 2 rings (SSSR count). The van der Waals surface area contributed by atoms with Crippen LogP contribution in [0.15, 0.2) is 0 Å². The Morgan fingerprint density at radius 3 is 2.43 bits per heavy atom.